The van der Waals surface area contributed by atoms with Gasteiger partial charge in [0.1, 0.15) is 5.82 Å². The van der Waals surface area contributed by atoms with Crippen LogP contribution in [0.5, 0.6) is 0 Å². The Bertz CT molecular complexity index is 756. The first-order chi connectivity index (χ1) is 12.5. The van der Waals surface area contributed by atoms with Crippen LogP contribution in [-0.2, 0) is 0 Å². The summed E-state index contributed by atoms with van der Waals surface area (Å²) in [6.45, 7) is 2.94. The summed E-state index contributed by atoms with van der Waals surface area (Å²) in [7, 11) is 0. The van der Waals surface area contributed by atoms with E-state index in [1.165, 1.54) is 0 Å². The molecule has 0 atom stereocenters. The van der Waals surface area contributed by atoms with E-state index in [9.17, 15) is 4.79 Å². The summed E-state index contributed by atoms with van der Waals surface area (Å²) in [5, 5.41) is 7.43. The molecular weight excluding hydrogens is 369 g/mol. The van der Waals surface area contributed by atoms with E-state index in [-0.39, 0.29) is 11.9 Å². The van der Waals surface area contributed by atoms with Crippen molar-refractivity contribution in [3.63, 3.8) is 0 Å². The average molecular weight is 392 g/mol. The maximum atomic E-state index is 12.4. The molecule has 2 N–H and O–H groups in total. The number of halogens is 2. The molecule has 0 saturated heterocycles. The third kappa shape index (κ3) is 5.12. The van der Waals surface area contributed by atoms with Gasteiger partial charge in [-0.15, -0.1) is 0 Å². The maximum Gasteiger partial charge on any atom is 0.253 e. The van der Waals surface area contributed by atoms with Crippen molar-refractivity contribution in [2.45, 2.75) is 38.6 Å². The van der Waals surface area contributed by atoms with Crippen LogP contribution >= 0.6 is 23.2 Å². The lowest BCUT2D eigenvalue weighted by molar-refractivity contribution is 0.0923. The Kier molecular flexibility index (Phi) is 6.38. The first-order valence-corrected chi connectivity index (χ1v) is 9.69. The number of aryl methyl sites for hydroxylation is 1. The number of hydrogen-bond acceptors (Lipinski definition) is 3. The highest BCUT2D eigenvalue weighted by Crippen LogP contribution is 2.26. The van der Waals surface area contributed by atoms with E-state index in [1.54, 1.807) is 18.2 Å². The van der Waals surface area contributed by atoms with Gasteiger partial charge in [-0.2, -0.15) is 0 Å². The fraction of sp³-hybridized carbons (Fsp3) is 0.400. The van der Waals surface area contributed by atoms with Gasteiger partial charge in [0, 0.05) is 23.8 Å². The van der Waals surface area contributed by atoms with Crippen LogP contribution in [0.3, 0.4) is 0 Å². The summed E-state index contributed by atoms with van der Waals surface area (Å²) in [6, 6.07) is 9.20. The molecule has 0 bridgehead atoms. The molecule has 2 aromatic rings. The number of anilines is 1. The van der Waals surface area contributed by atoms with Gasteiger partial charge in [-0.25, -0.2) is 4.98 Å². The van der Waals surface area contributed by atoms with Crippen LogP contribution in [0, 0.1) is 12.8 Å². The normalized spacial score (nSPS) is 19.8. The maximum absolute atomic E-state index is 12.4. The number of pyridine rings is 1. The molecule has 0 spiro atoms. The van der Waals surface area contributed by atoms with E-state index in [0.717, 1.165) is 43.6 Å². The minimum atomic E-state index is -0.150. The monoisotopic (exact) mass is 391 g/mol. The quantitative estimate of drug-likeness (QED) is 0.745. The highest BCUT2D eigenvalue weighted by molar-refractivity contribution is 6.35. The predicted molar refractivity (Wildman–Crippen MR) is 107 cm³/mol. The van der Waals surface area contributed by atoms with Crippen LogP contribution in [0.1, 0.15) is 41.6 Å². The fourth-order valence-electron chi connectivity index (χ4n) is 3.27. The van der Waals surface area contributed by atoms with Crippen LogP contribution < -0.4 is 10.6 Å². The van der Waals surface area contributed by atoms with E-state index >= 15 is 0 Å². The summed E-state index contributed by atoms with van der Waals surface area (Å²) in [4.78, 5) is 16.8. The van der Waals surface area contributed by atoms with Gasteiger partial charge in [-0.1, -0.05) is 29.3 Å². The van der Waals surface area contributed by atoms with E-state index in [2.05, 4.69) is 21.7 Å². The minimum Gasteiger partial charge on any atom is -0.370 e. The van der Waals surface area contributed by atoms with Gasteiger partial charge in [0.05, 0.1) is 10.6 Å². The number of carbonyl (C=O) groups is 1. The summed E-state index contributed by atoms with van der Waals surface area (Å²) in [6.07, 6.45) is 5.96. The molecule has 1 aromatic carbocycles. The molecule has 1 aromatic heterocycles. The third-order valence-corrected chi connectivity index (χ3v) is 5.40. The molecule has 0 unspecified atom stereocenters. The van der Waals surface area contributed by atoms with Crippen LogP contribution in [-0.4, -0.2) is 23.5 Å². The number of aromatic nitrogens is 1. The molecule has 26 heavy (non-hydrogen) atoms. The Balaban J connectivity index is 1.45. The van der Waals surface area contributed by atoms with Gasteiger partial charge in [0.15, 0.2) is 0 Å². The van der Waals surface area contributed by atoms with Crippen molar-refractivity contribution in [1.29, 1.82) is 0 Å². The standard InChI is InChI=1S/C20H23Cl2N3O/c1-13-2-9-19(23-11-13)24-12-14-3-6-16(7-4-14)25-20(26)17-10-15(21)5-8-18(17)22/h2,5,8-11,14,16H,3-4,6-7,12H2,1H3,(H,23,24)(H,25,26)/t14-,16-. The van der Waals surface area contributed by atoms with Crippen molar-refractivity contribution in [3.05, 3.63) is 57.7 Å². The van der Waals surface area contributed by atoms with Crippen LogP contribution in [0.25, 0.3) is 0 Å². The fourth-order valence-corrected chi connectivity index (χ4v) is 3.64. The van der Waals surface area contributed by atoms with Gasteiger partial charge in [0.25, 0.3) is 5.91 Å². The second kappa shape index (κ2) is 8.74. The largest absolute Gasteiger partial charge is 0.370 e. The van der Waals surface area contributed by atoms with Crippen LogP contribution in [0.2, 0.25) is 10.0 Å². The zero-order chi connectivity index (χ0) is 18.5. The number of carbonyl (C=O) groups excluding carboxylic acids is 1. The zero-order valence-electron chi connectivity index (χ0n) is 14.8. The van der Waals surface area contributed by atoms with E-state index in [0.29, 0.717) is 21.5 Å². The minimum absolute atomic E-state index is 0.150. The number of nitrogens with zero attached hydrogens (tertiary/aromatic N) is 1. The van der Waals surface area contributed by atoms with Gasteiger partial charge in [-0.3, -0.25) is 4.79 Å². The second-order valence-electron chi connectivity index (χ2n) is 6.92. The van der Waals surface area contributed by atoms with Gasteiger partial charge in [-0.05, 0) is 68.4 Å². The SMILES string of the molecule is Cc1ccc(NC[C@H]2CC[C@H](NC(=O)c3cc(Cl)ccc3Cl)CC2)nc1. The molecule has 4 nitrogen and oxygen atoms in total. The van der Waals surface area contributed by atoms with Crippen molar-refractivity contribution in [3.8, 4) is 0 Å². The molecule has 0 aliphatic heterocycles. The van der Waals surface area contributed by atoms with Crippen molar-refractivity contribution in [2.75, 3.05) is 11.9 Å². The van der Waals surface area contributed by atoms with Crippen LogP contribution in [0.15, 0.2) is 36.5 Å². The summed E-state index contributed by atoms with van der Waals surface area (Å²) < 4.78 is 0. The third-order valence-electron chi connectivity index (χ3n) is 4.84. The van der Waals surface area contributed by atoms with E-state index in [4.69, 9.17) is 23.2 Å². The van der Waals surface area contributed by atoms with Gasteiger partial charge in [0.2, 0.25) is 0 Å². The van der Waals surface area contributed by atoms with E-state index in [1.807, 2.05) is 19.2 Å². The summed E-state index contributed by atoms with van der Waals surface area (Å²) in [5.74, 6) is 1.37. The molecule has 1 saturated carbocycles. The van der Waals surface area contributed by atoms with Crippen molar-refractivity contribution < 1.29 is 4.79 Å². The lowest BCUT2D eigenvalue weighted by atomic mass is 9.86. The Morgan fingerprint density at radius 1 is 1.15 bits per heavy atom. The number of amides is 1. The van der Waals surface area contributed by atoms with Crippen molar-refractivity contribution >= 4 is 34.9 Å². The Labute approximate surface area is 164 Å². The number of benzene rings is 1. The molecule has 1 fully saturated rings. The number of rotatable bonds is 5. The van der Waals surface area contributed by atoms with E-state index < -0.39 is 0 Å². The van der Waals surface area contributed by atoms with Crippen molar-refractivity contribution in [2.24, 2.45) is 5.92 Å². The second-order valence-corrected chi connectivity index (χ2v) is 7.76. The summed E-state index contributed by atoms with van der Waals surface area (Å²) >= 11 is 12.1. The lowest BCUT2D eigenvalue weighted by Crippen LogP contribution is -2.38. The predicted octanol–water partition coefficient (Wildman–Crippen LogP) is 5.10. The van der Waals surface area contributed by atoms with Crippen LogP contribution in [0.4, 0.5) is 5.82 Å². The molecule has 1 amide bonds. The molecule has 0 radical (unpaired) electrons. The molecule has 138 valence electrons. The smallest absolute Gasteiger partial charge is 0.253 e. The molecule has 1 aliphatic rings. The Morgan fingerprint density at radius 3 is 2.62 bits per heavy atom. The molecule has 1 aliphatic carbocycles. The Morgan fingerprint density at radius 2 is 1.92 bits per heavy atom. The molecular formula is C20H23Cl2N3O. The Hall–Kier alpha value is -1.78. The first-order valence-electron chi connectivity index (χ1n) is 8.93. The molecule has 1 heterocycles. The van der Waals surface area contributed by atoms with Gasteiger partial charge < -0.3 is 10.6 Å². The zero-order valence-corrected chi connectivity index (χ0v) is 16.3. The van der Waals surface area contributed by atoms with Gasteiger partial charge >= 0.3 is 0 Å². The topological polar surface area (TPSA) is 54.0 Å². The number of hydrogen-bond donors (Lipinski definition) is 2. The average Bonchev–Trinajstić information content (AvgIpc) is 2.64. The van der Waals surface area contributed by atoms with Crippen molar-refractivity contribution in [1.82, 2.24) is 10.3 Å². The highest BCUT2D eigenvalue weighted by atomic mass is 35.5. The molecule has 6 heteroatoms. The number of nitrogens with one attached hydrogen (secondary N) is 2. The molecule has 3 rings (SSSR count). The lowest BCUT2D eigenvalue weighted by Gasteiger charge is -2.29. The summed E-state index contributed by atoms with van der Waals surface area (Å²) in [5.41, 5.74) is 1.60. The highest BCUT2D eigenvalue weighted by Gasteiger charge is 2.23. The first kappa shape index (κ1) is 19.0.